The average Bonchev–Trinajstić information content (AvgIpc) is 2.16. The molecule has 0 unspecified atom stereocenters. The van der Waals surface area contributed by atoms with Gasteiger partial charge >= 0.3 is 5.97 Å². The van der Waals surface area contributed by atoms with Gasteiger partial charge in [0.25, 0.3) is 0 Å². The van der Waals surface area contributed by atoms with Gasteiger partial charge < -0.3 is 4.74 Å². The minimum absolute atomic E-state index is 0.0319. The van der Waals surface area contributed by atoms with Gasteiger partial charge in [-0.1, -0.05) is 39.0 Å². The van der Waals surface area contributed by atoms with Crippen LogP contribution in [0.5, 0.6) is 0 Å². The lowest BCUT2D eigenvalue weighted by atomic mass is 10.1. The van der Waals surface area contributed by atoms with Crippen molar-refractivity contribution >= 4 is 17.6 Å². The maximum absolute atomic E-state index is 10.6. The summed E-state index contributed by atoms with van der Waals surface area (Å²) in [4.78, 5) is 10.6. The maximum atomic E-state index is 10.6. The molecule has 0 heterocycles. The van der Waals surface area contributed by atoms with Gasteiger partial charge in [0.2, 0.25) is 0 Å². The van der Waals surface area contributed by atoms with Gasteiger partial charge in [-0.15, -0.1) is 11.6 Å². The number of esters is 1. The number of carbonyl (C=O) groups excluding carboxylic acids is 1. The van der Waals surface area contributed by atoms with E-state index in [9.17, 15) is 4.79 Å². The van der Waals surface area contributed by atoms with Crippen molar-refractivity contribution in [2.45, 2.75) is 45.4 Å². The second-order valence-electron chi connectivity index (χ2n) is 3.12. The Morgan fingerprint density at radius 2 is 1.77 bits per heavy atom. The van der Waals surface area contributed by atoms with Gasteiger partial charge in [0.1, 0.15) is 5.88 Å². The van der Waals surface area contributed by atoms with Crippen LogP contribution in [-0.4, -0.2) is 18.5 Å². The van der Waals surface area contributed by atoms with Gasteiger partial charge in [0.15, 0.2) is 0 Å². The molecule has 3 heteroatoms. The third-order valence-corrected chi connectivity index (χ3v) is 2.09. The molecule has 0 aromatic heterocycles. The number of alkyl halides is 1. The second kappa shape index (κ2) is 9.85. The summed E-state index contributed by atoms with van der Waals surface area (Å²) in [5, 5.41) is 0. The Kier molecular flexibility index (Phi) is 9.66. The third-order valence-electron chi connectivity index (χ3n) is 1.87. The first-order valence-corrected chi connectivity index (χ1v) is 5.56. The molecule has 0 aromatic carbocycles. The maximum Gasteiger partial charge on any atom is 0.320 e. The van der Waals surface area contributed by atoms with Crippen LogP contribution in [0.15, 0.2) is 0 Å². The summed E-state index contributed by atoms with van der Waals surface area (Å²) < 4.78 is 4.83. The molecule has 0 aliphatic carbocycles. The van der Waals surface area contributed by atoms with E-state index in [1.165, 1.54) is 25.7 Å². The van der Waals surface area contributed by atoms with Crippen LogP contribution >= 0.6 is 11.6 Å². The number of ether oxygens (including phenoxy) is 1. The van der Waals surface area contributed by atoms with Crippen LogP contribution in [0, 0.1) is 0 Å². The van der Waals surface area contributed by atoms with Gasteiger partial charge in [-0.25, -0.2) is 0 Å². The highest BCUT2D eigenvalue weighted by molar-refractivity contribution is 6.26. The van der Waals surface area contributed by atoms with Crippen molar-refractivity contribution < 1.29 is 9.53 Å². The minimum atomic E-state index is -0.310. The first-order valence-electron chi connectivity index (χ1n) is 5.02. The van der Waals surface area contributed by atoms with E-state index in [0.29, 0.717) is 6.61 Å². The van der Waals surface area contributed by atoms with Gasteiger partial charge in [-0.3, -0.25) is 4.79 Å². The smallest absolute Gasteiger partial charge is 0.320 e. The topological polar surface area (TPSA) is 26.3 Å². The molecule has 0 fully saturated rings. The number of carbonyl (C=O) groups is 1. The van der Waals surface area contributed by atoms with E-state index in [-0.39, 0.29) is 11.8 Å². The van der Waals surface area contributed by atoms with Crippen molar-refractivity contribution in [3.63, 3.8) is 0 Å². The fourth-order valence-electron chi connectivity index (χ4n) is 1.11. The SMILES string of the molecule is CCCCCCCCOC(=O)CCl. The number of hydrogen-bond donors (Lipinski definition) is 0. The highest BCUT2D eigenvalue weighted by Crippen LogP contribution is 2.04. The Morgan fingerprint density at radius 3 is 2.38 bits per heavy atom. The van der Waals surface area contributed by atoms with Crippen molar-refractivity contribution in [3.8, 4) is 0 Å². The predicted octanol–water partition coefficient (Wildman–Crippen LogP) is 3.13. The number of rotatable bonds is 8. The molecule has 0 radical (unpaired) electrons. The normalized spacial score (nSPS) is 10.0. The Morgan fingerprint density at radius 1 is 1.15 bits per heavy atom. The fourth-order valence-corrected chi connectivity index (χ4v) is 1.18. The van der Waals surface area contributed by atoms with E-state index >= 15 is 0 Å². The summed E-state index contributed by atoms with van der Waals surface area (Å²) in [7, 11) is 0. The quantitative estimate of drug-likeness (QED) is 0.347. The van der Waals surface area contributed by atoms with Crippen LogP contribution in [0.25, 0.3) is 0 Å². The largest absolute Gasteiger partial charge is 0.465 e. The van der Waals surface area contributed by atoms with Crippen LogP contribution in [0.3, 0.4) is 0 Å². The van der Waals surface area contributed by atoms with Crippen molar-refractivity contribution in [1.82, 2.24) is 0 Å². The molecule has 0 spiro atoms. The molecule has 0 saturated carbocycles. The number of unbranched alkanes of at least 4 members (excludes halogenated alkanes) is 5. The average molecular weight is 207 g/mol. The summed E-state index contributed by atoms with van der Waals surface area (Å²) in [5.74, 6) is -0.342. The molecule has 0 aliphatic heterocycles. The zero-order valence-electron chi connectivity index (χ0n) is 8.35. The van der Waals surface area contributed by atoms with Crippen LogP contribution in [0.1, 0.15) is 45.4 Å². The van der Waals surface area contributed by atoms with E-state index in [0.717, 1.165) is 12.8 Å². The van der Waals surface area contributed by atoms with Crippen LogP contribution in [-0.2, 0) is 9.53 Å². The molecule has 0 atom stereocenters. The molecular weight excluding hydrogens is 188 g/mol. The summed E-state index contributed by atoms with van der Waals surface area (Å²) >= 11 is 5.26. The lowest BCUT2D eigenvalue weighted by Gasteiger charge is -2.02. The molecule has 0 aromatic rings. The van der Waals surface area contributed by atoms with Crippen LogP contribution < -0.4 is 0 Å². The molecule has 0 amide bonds. The monoisotopic (exact) mass is 206 g/mol. The zero-order valence-corrected chi connectivity index (χ0v) is 9.11. The molecule has 0 saturated heterocycles. The lowest BCUT2D eigenvalue weighted by Crippen LogP contribution is -2.06. The van der Waals surface area contributed by atoms with Gasteiger partial charge in [-0.05, 0) is 6.42 Å². The lowest BCUT2D eigenvalue weighted by molar-refractivity contribution is -0.140. The van der Waals surface area contributed by atoms with Crippen molar-refractivity contribution in [1.29, 1.82) is 0 Å². The van der Waals surface area contributed by atoms with Crippen molar-refractivity contribution in [2.75, 3.05) is 12.5 Å². The molecule has 78 valence electrons. The molecule has 0 rings (SSSR count). The Labute approximate surface area is 85.6 Å². The summed E-state index contributed by atoms with van der Waals surface area (Å²) in [6, 6.07) is 0. The molecule has 2 nitrogen and oxygen atoms in total. The number of halogens is 1. The van der Waals surface area contributed by atoms with Crippen LogP contribution in [0.4, 0.5) is 0 Å². The fraction of sp³-hybridized carbons (Fsp3) is 0.900. The summed E-state index contributed by atoms with van der Waals surface area (Å²) in [6.45, 7) is 2.72. The van der Waals surface area contributed by atoms with E-state index in [1.807, 2.05) is 0 Å². The molecule has 0 aliphatic rings. The van der Waals surface area contributed by atoms with Gasteiger partial charge in [-0.2, -0.15) is 0 Å². The van der Waals surface area contributed by atoms with E-state index < -0.39 is 0 Å². The van der Waals surface area contributed by atoms with E-state index in [2.05, 4.69) is 6.92 Å². The van der Waals surface area contributed by atoms with E-state index in [4.69, 9.17) is 16.3 Å². The Hall–Kier alpha value is -0.240. The van der Waals surface area contributed by atoms with Crippen molar-refractivity contribution in [2.24, 2.45) is 0 Å². The highest BCUT2D eigenvalue weighted by atomic mass is 35.5. The highest BCUT2D eigenvalue weighted by Gasteiger charge is 1.97. The molecule has 13 heavy (non-hydrogen) atoms. The Bertz CT molecular complexity index is 126. The Balaban J connectivity index is 2.95. The van der Waals surface area contributed by atoms with Gasteiger partial charge in [0, 0.05) is 0 Å². The first kappa shape index (κ1) is 12.8. The standard InChI is InChI=1S/C10H19ClO2/c1-2-3-4-5-6-7-8-13-10(12)9-11/h2-9H2,1H3. The first-order chi connectivity index (χ1) is 6.31. The second-order valence-corrected chi connectivity index (χ2v) is 3.39. The van der Waals surface area contributed by atoms with E-state index in [1.54, 1.807) is 0 Å². The summed E-state index contributed by atoms with van der Waals surface area (Å²) in [5.41, 5.74) is 0. The zero-order chi connectivity index (χ0) is 9.94. The molecule has 0 bridgehead atoms. The van der Waals surface area contributed by atoms with Crippen LogP contribution in [0.2, 0.25) is 0 Å². The molecular formula is C10H19ClO2. The minimum Gasteiger partial charge on any atom is -0.465 e. The van der Waals surface area contributed by atoms with Gasteiger partial charge in [0.05, 0.1) is 6.61 Å². The van der Waals surface area contributed by atoms with Crippen molar-refractivity contribution in [3.05, 3.63) is 0 Å². The predicted molar refractivity (Wildman–Crippen MR) is 55.1 cm³/mol. The number of hydrogen-bond acceptors (Lipinski definition) is 2. The summed E-state index contributed by atoms with van der Waals surface area (Å²) in [6.07, 6.45) is 7.22. The molecule has 0 N–H and O–H groups in total. The third kappa shape index (κ3) is 9.68.